The fourth-order valence-corrected chi connectivity index (χ4v) is 2.88. The molecule has 0 aliphatic carbocycles. The van der Waals surface area contributed by atoms with Crippen LogP contribution >= 0.6 is 11.6 Å². The first kappa shape index (κ1) is 15.9. The lowest BCUT2D eigenvalue weighted by molar-refractivity contribution is -0.154. The Morgan fingerprint density at radius 2 is 2.04 bits per heavy atom. The summed E-state index contributed by atoms with van der Waals surface area (Å²) in [6, 6.07) is 0. The van der Waals surface area contributed by atoms with Crippen LogP contribution in [0.3, 0.4) is 0 Å². The van der Waals surface area contributed by atoms with Crippen LogP contribution in [-0.4, -0.2) is 70.7 Å². The lowest BCUT2D eigenvalue weighted by Crippen LogP contribution is -2.48. The third-order valence-electron chi connectivity index (χ3n) is 3.95. The van der Waals surface area contributed by atoms with E-state index in [4.69, 9.17) is 21.4 Å². The summed E-state index contributed by atoms with van der Waals surface area (Å²) in [5.41, 5.74) is 0.106. The first-order valence-electron chi connectivity index (χ1n) is 7.47. The third kappa shape index (κ3) is 3.37. The second-order valence-corrected chi connectivity index (χ2v) is 5.92. The number of amides is 1. The summed E-state index contributed by atoms with van der Waals surface area (Å²) >= 11 is 6.08. The van der Waals surface area contributed by atoms with E-state index in [0.29, 0.717) is 12.5 Å². The topological polar surface area (TPSA) is 95.9 Å². The van der Waals surface area contributed by atoms with Gasteiger partial charge in [0.1, 0.15) is 0 Å². The molecule has 1 amide bonds. The number of carbonyl (C=O) groups excluding carboxylic acids is 1. The molecule has 0 saturated carbocycles. The second kappa shape index (κ2) is 6.67. The molecule has 9 heteroatoms. The minimum Gasteiger partial charge on any atom is -0.479 e. The predicted octanol–water partition coefficient (Wildman–Crippen LogP) is 0.656. The Morgan fingerprint density at radius 3 is 2.74 bits per heavy atom. The number of nitrogens with zero attached hydrogens (tertiary/aromatic N) is 4. The van der Waals surface area contributed by atoms with Crippen molar-refractivity contribution in [1.29, 1.82) is 0 Å². The van der Waals surface area contributed by atoms with Gasteiger partial charge in [-0.3, -0.25) is 4.79 Å². The molecule has 0 spiro atoms. The number of carboxylic acids is 1. The van der Waals surface area contributed by atoms with E-state index in [2.05, 4.69) is 9.97 Å². The molecule has 23 heavy (non-hydrogen) atoms. The van der Waals surface area contributed by atoms with Gasteiger partial charge in [-0.25, -0.2) is 14.8 Å². The van der Waals surface area contributed by atoms with Gasteiger partial charge in [-0.2, -0.15) is 0 Å². The largest absolute Gasteiger partial charge is 0.479 e. The first-order chi connectivity index (χ1) is 11.1. The normalized spacial score (nSPS) is 21.5. The number of ether oxygens (including phenoxy) is 1. The minimum absolute atomic E-state index is 0.0203. The maximum Gasteiger partial charge on any atom is 0.334 e. The van der Waals surface area contributed by atoms with E-state index in [-0.39, 0.29) is 23.9 Å². The van der Waals surface area contributed by atoms with Crippen molar-refractivity contribution in [2.75, 3.05) is 37.7 Å². The second-order valence-electron chi connectivity index (χ2n) is 5.51. The lowest BCUT2D eigenvalue weighted by atomic mass is 10.2. The molecule has 2 aliphatic heterocycles. The molecule has 1 unspecified atom stereocenters. The number of halogens is 1. The summed E-state index contributed by atoms with van der Waals surface area (Å²) in [7, 11) is 0. The zero-order chi connectivity index (χ0) is 16.4. The summed E-state index contributed by atoms with van der Waals surface area (Å²) in [6.07, 6.45) is 2.54. The number of hydrogen-bond donors (Lipinski definition) is 1. The van der Waals surface area contributed by atoms with E-state index in [9.17, 15) is 9.59 Å². The van der Waals surface area contributed by atoms with Crippen molar-refractivity contribution in [2.24, 2.45) is 0 Å². The summed E-state index contributed by atoms with van der Waals surface area (Å²) in [4.78, 5) is 35.6. The number of hydrogen-bond acceptors (Lipinski definition) is 6. The van der Waals surface area contributed by atoms with Crippen molar-refractivity contribution in [3.8, 4) is 0 Å². The molecule has 0 bridgehead atoms. The fourth-order valence-electron chi connectivity index (χ4n) is 2.71. The van der Waals surface area contributed by atoms with Gasteiger partial charge in [-0.05, 0) is 12.8 Å². The molecule has 1 atom stereocenters. The number of rotatable bonds is 3. The highest BCUT2D eigenvalue weighted by Gasteiger charge is 2.31. The predicted molar refractivity (Wildman–Crippen MR) is 81.8 cm³/mol. The molecule has 2 aliphatic rings. The van der Waals surface area contributed by atoms with Gasteiger partial charge in [0.15, 0.2) is 11.8 Å². The van der Waals surface area contributed by atoms with E-state index < -0.39 is 18.0 Å². The molecule has 0 radical (unpaired) electrons. The average Bonchev–Trinajstić information content (AvgIpc) is 3.09. The van der Waals surface area contributed by atoms with Crippen LogP contribution in [0.2, 0.25) is 5.02 Å². The Kier molecular flexibility index (Phi) is 4.63. The Bertz CT molecular complexity index is 621. The number of carboxylic acid groups (broad SMARTS) is 1. The monoisotopic (exact) mass is 340 g/mol. The summed E-state index contributed by atoms with van der Waals surface area (Å²) in [6.45, 7) is 2.17. The molecule has 3 rings (SSSR count). The van der Waals surface area contributed by atoms with Crippen molar-refractivity contribution in [1.82, 2.24) is 14.9 Å². The third-order valence-corrected chi connectivity index (χ3v) is 4.23. The molecule has 1 N–H and O–H groups in total. The van der Waals surface area contributed by atoms with E-state index in [1.165, 1.54) is 11.1 Å². The Balaban J connectivity index is 1.80. The molecular formula is C14H17ClN4O4. The number of carbonyl (C=O) groups is 2. The highest BCUT2D eigenvalue weighted by molar-refractivity contribution is 6.33. The summed E-state index contributed by atoms with van der Waals surface area (Å²) < 4.78 is 5.12. The zero-order valence-electron chi connectivity index (χ0n) is 12.4. The maximum absolute atomic E-state index is 12.6. The van der Waals surface area contributed by atoms with Crippen LogP contribution in [-0.2, 0) is 9.53 Å². The minimum atomic E-state index is -1.09. The number of aliphatic carboxylic acids is 1. The van der Waals surface area contributed by atoms with Gasteiger partial charge in [-0.15, -0.1) is 0 Å². The van der Waals surface area contributed by atoms with Crippen LogP contribution in [0, 0.1) is 0 Å². The van der Waals surface area contributed by atoms with Crippen LogP contribution < -0.4 is 4.90 Å². The highest BCUT2D eigenvalue weighted by atomic mass is 35.5. The summed E-state index contributed by atoms with van der Waals surface area (Å²) in [5, 5.41) is 9.19. The van der Waals surface area contributed by atoms with Gasteiger partial charge in [0.25, 0.3) is 5.91 Å². The molecule has 1 aromatic rings. The average molecular weight is 341 g/mol. The van der Waals surface area contributed by atoms with Crippen LogP contribution in [0.5, 0.6) is 0 Å². The molecule has 1 aromatic heterocycles. The van der Waals surface area contributed by atoms with Crippen LogP contribution in [0.15, 0.2) is 6.20 Å². The molecule has 0 aromatic carbocycles. The van der Waals surface area contributed by atoms with Gasteiger partial charge in [0, 0.05) is 19.6 Å². The van der Waals surface area contributed by atoms with Gasteiger partial charge < -0.3 is 19.6 Å². The molecule has 3 heterocycles. The van der Waals surface area contributed by atoms with Gasteiger partial charge in [0.2, 0.25) is 5.95 Å². The van der Waals surface area contributed by atoms with E-state index in [0.717, 1.165) is 25.9 Å². The van der Waals surface area contributed by atoms with Crippen molar-refractivity contribution in [3.05, 3.63) is 16.9 Å². The highest BCUT2D eigenvalue weighted by Crippen LogP contribution is 2.21. The molecular weight excluding hydrogens is 324 g/mol. The molecule has 2 fully saturated rings. The number of morpholine rings is 1. The van der Waals surface area contributed by atoms with Crippen LogP contribution in [0.4, 0.5) is 5.95 Å². The zero-order valence-corrected chi connectivity index (χ0v) is 13.2. The first-order valence-corrected chi connectivity index (χ1v) is 7.85. The smallest absolute Gasteiger partial charge is 0.334 e. The van der Waals surface area contributed by atoms with E-state index in [1.54, 1.807) is 0 Å². The van der Waals surface area contributed by atoms with Gasteiger partial charge in [-0.1, -0.05) is 11.6 Å². The van der Waals surface area contributed by atoms with Crippen molar-refractivity contribution in [3.63, 3.8) is 0 Å². The lowest BCUT2D eigenvalue weighted by Gasteiger charge is -2.30. The molecule has 8 nitrogen and oxygen atoms in total. The van der Waals surface area contributed by atoms with Crippen molar-refractivity contribution >= 4 is 29.4 Å². The Labute approximate surface area is 138 Å². The maximum atomic E-state index is 12.6. The summed E-state index contributed by atoms with van der Waals surface area (Å²) in [5.74, 6) is -1.00. The molecule has 2 saturated heterocycles. The fraction of sp³-hybridized carbons (Fsp3) is 0.571. The quantitative estimate of drug-likeness (QED) is 0.863. The molecule has 124 valence electrons. The van der Waals surface area contributed by atoms with E-state index in [1.807, 2.05) is 4.90 Å². The van der Waals surface area contributed by atoms with Crippen molar-refractivity contribution in [2.45, 2.75) is 18.9 Å². The van der Waals surface area contributed by atoms with Gasteiger partial charge >= 0.3 is 5.97 Å². The van der Waals surface area contributed by atoms with Crippen molar-refractivity contribution < 1.29 is 19.4 Å². The van der Waals surface area contributed by atoms with Crippen LogP contribution in [0.25, 0.3) is 0 Å². The van der Waals surface area contributed by atoms with E-state index >= 15 is 0 Å². The number of aromatic nitrogens is 2. The Hall–Kier alpha value is -1.93. The number of anilines is 1. The van der Waals surface area contributed by atoms with Crippen LogP contribution in [0.1, 0.15) is 23.3 Å². The van der Waals surface area contributed by atoms with Gasteiger partial charge in [0.05, 0.1) is 24.4 Å². The Morgan fingerprint density at radius 1 is 1.30 bits per heavy atom. The SMILES string of the molecule is O=C(O)C1CN(C(=O)c2nc(N3CCCC3)ncc2Cl)CCO1. The standard InChI is InChI=1S/C14H17ClN4O4/c15-9-7-16-14(18-3-1-2-4-18)17-11(9)12(20)19-5-6-23-10(8-19)13(21)22/h7,10H,1-6,8H2,(H,21,22).